The van der Waals surface area contributed by atoms with E-state index in [1.807, 2.05) is 0 Å². The Labute approximate surface area is 149 Å². The van der Waals surface area contributed by atoms with E-state index in [-0.39, 0.29) is 36.6 Å². The average molecular weight is 390 g/mol. The van der Waals surface area contributed by atoms with Crippen LogP contribution in [0.4, 0.5) is 0 Å². The van der Waals surface area contributed by atoms with Crippen molar-refractivity contribution in [1.82, 2.24) is 10.2 Å². The van der Waals surface area contributed by atoms with Crippen LogP contribution in [0, 0.1) is 5.92 Å². The molecule has 2 atom stereocenters. The lowest BCUT2D eigenvalue weighted by Crippen LogP contribution is -2.58. The molecular weight excluding hydrogens is 372 g/mol. The Morgan fingerprint density at radius 2 is 2.16 bits per heavy atom. The number of carbonyl (C=O) groups excluding carboxylic acids is 2. The molecule has 0 aromatic rings. The highest BCUT2D eigenvalue weighted by atomic mass is 32.2. The van der Waals surface area contributed by atoms with E-state index in [4.69, 9.17) is 0 Å². The highest BCUT2D eigenvalue weighted by molar-refractivity contribution is 8.05. The van der Waals surface area contributed by atoms with Crippen molar-refractivity contribution in [3.05, 3.63) is 22.2 Å². The van der Waals surface area contributed by atoms with Crippen LogP contribution >= 0.6 is 11.8 Å². The molecular formula is C14H18N2O7S2. The van der Waals surface area contributed by atoms with Gasteiger partial charge in [0.1, 0.15) is 5.70 Å². The molecule has 0 bridgehead atoms. The minimum absolute atomic E-state index is 0.0623. The Balaban J connectivity index is 2.02. The summed E-state index contributed by atoms with van der Waals surface area (Å²) in [5.41, 5.74) is -0.0623. The average Bonchev–Trinajstić information content (AvgIpc) is 2.82. The standard InChI is InChI=1S/C14H18N2O7S2/c1-8(17)15-4-6-24-11-7-10-9(3-5-23-25(2,21)22)13(18)16(10)12(11)14(19)20/h4,6,9-10H,3,5,7H2,1-2H3,(H,15,17)(H,19,20)/b6-4+/t9-,10-/m1/s1. The van der Waals surface area contributed by atoms with E-state index in [2.05, 4.69) is 9.50 Å². The van der Waals surface area contributed by atoms with Gasteiger partial charge < -0.3 is 15.3 Å². The predicted molar refractivity (Wildman–Crippen MR) is 89.4 cm³/mol. The van der Waals surface area contributed by atoms with Crippen LogP contribution in [0.25, 0.3) is 0 Å². The quantitative estimate of drug-likeness (QED) is 0.445. The number of hydrogen-bond acceptors (Lipinski definition) is 7. The number of nitrogens with one attached hydrogen (secondary N) is 1. The second kappa shape index (κ2) is 7.58. The maximum absolute atomic E-state index is 12.2. The van der Waals surface area contributed by atoms with Crippen LogP contribution in [0.15, 0.2) is 22.2 Å². The van der Waals surface area contributed by atoms with Crippen LogP contribution in [0.1, 0.15) is 19.8 Å². The Bertz CT molecular complexity index is 757. The Hall–Kier alpha value is -1.85. The van der Waals surface area contributed by atoms with Crippen molar-refractivity contribution in [1.29, 1.82) is 0 Å². The summed E-state index contributed by atoms with van der Waals surface area (Å²) in [5.74, 6) is -2.26. The van der Waals surface area contributed by atoms with Gasteiger partial charge in [-0.3, -0.25) is 13.8 Å². The molecule has 138 valence electrons. The van der Waals surface area contributed by atoms with E-state index in [0.717, 1.165) is 18.0 Å². The molecule has 0 unspecified atom stereocenters. The largest absolute Gasteiger partial charge is 0.477 e. The van der Waals surface area contributed by atoms with Crippen molar-refractivity contribution in [3.63, 3.8) is 0 Å². The summed E-state index contributed by atoms with van der Waals surface area (Å²) in [6.45, 7) is 1.23. The highest BCUT2D eigenvalue weighted by Gasteiger charge is 2.54. The van der Waals surface area contributed by atoms with Crippen LogP contribution in [0.5, 0.6) is 0 Å². The van der Waals surface area contributed by atoms with Gasteiger partial charge >= 0.3 is 5.97 Å². The molecule has 25 heavy (non-hydrogen) atoms. The third-order valence-electron chi connectivity index (χ3n) is 3.74. The fourth-order valence-electron chi connectivity index (χ4n) is 2.77. The molecule has 2 aliphatic heterocycles. The van der Waals surface area contributed by atoms with E-state index in [1.54, 1.807) is 0 Å². The fraction of sp³-hybridized carbons (Fsp3) is 0.500. The molecule has 0 aromatic carbocycles. The summed E-state index contributed by atoms with van der Waals surface area (Å²) in [6.07, 6.45) is 2.90. The van der Waals surface area contributed by atoms with Crippen molar-refractivity contribution >= 4 is 39.7 Å². The highest BCUT2D eigenvalue weighted by Crippen LogP contribution is 2.47. The zero-order valence-corrected chi connectivity index (χ0v) is 15.2. The first-order chi connectivity index (χ1) is 11.6. The number of thioether (sulfide) groups is 1. The van der Waals surface area contributed by atoms with Crippen molar-refractivity contribution in [2.75, 3.05) is 12.9 Å². The normalized spacial score (nSPS) is 23.0. The first-order valence-corrected chi connectivity index (χ1v) is 10.0. The maximum Gasteiger partial charge on any atom is 0.353 e. The fourth-order valence-corrected chi connectivity index (χ4v) is 4.03. The number of nitrogens with zero attached hydrogens (tertiary/aromatic N) is 1. The lowest BCUT2D eigenvalue weighted by Gasteiger charge is -2.43. The van der Waals surface area contributed by atoms with Gasteiger partial charge in [-0.2, -0.15) is 8.42 Å². The summed E-state index contributed by atoms with van der Waals surface area (Å²) < 4.78 is 26.6. The predicted octanol–water partition coefficient (Wildman–Crippen LogP) is 0.220. The number of carbonyl (C=O) groups is 3. The van der Waals surface area contributed by atoms with E-state index in [1.165, 1.54) is 23.4 Å². The molecule has 2 aliphatic rings. The molecule has 0 aromatic heterocycles. The van der Waals surface area contributed by atoms with E-state index in [0.29, 0.717) is 11.3 Å². The van der Waals surface area contributed by atoms with Crippen molar-refractivity contribution in [2.24, 2.45) is 5.92 Å². The second-order valence-electron chi connectivity index (χ2n) is 5.60. The zero-order valence-electron chi connectivity index (χ0n) is 13.6. The summed E-state index contributed by atoms with van der Waals surface area (Å²) in [4.78, 5) is 36.2. The molecule has 2 N–H and O–H groups in total. The summed E-state index contributed by atoms with van der Waals surface area (Å²) in [5, 5.41) is 13.4. The molecule has 2 rings (SSSR count). The van der Waals surface area contributed by atoms with Gasteiger partial charge in [-0.05, 0) is 11.8 Å². The second-order valence-corrected chi connectivity index (χ2v) is 8.24. The van der Waals surface area contributed by atoms with Crippen LogP contribution in [0.2, 0.25) is 0 Å². The topological polar surface area (TPSA) is 130 Å². The number of hydrogen-bond donors (Lipinski definition) is 2. The number of carboxylic acids is 1. The molecule has 1 saturated heterocycles. The number of rotatable bonds is 8. The first kappa shape index (κ1) is 19.5. The third kappa shape index (κ3) is 4.61. The minimum Gasteiger partial charge on any atom is -0.477 e. The minimum atomic E-state index is -3.58. The number of aliphatic carboxylic acids is 1. The SMILES string of the molecule is CC(=O)N/C=C/SC1=C(C(=O)O)N2C(=O)[C@H](CCOS(C)(=O)=O)[C@H]2C1. The first-order valence-electron chi connectivity index (χ1n) is 7.34. The van der Waals surface area contributed by atoms with Gasteiger partial charge in [0.15, 0.2) is 0 Å². The zero-order chi connectivity index (χ0) is 18.8. The number of fused-ring (bicyclic) bond motifs is 1. The van der Waals surface area contributed by atoms with E-state index >= 15 is 0 Å². The third-order valence-corrected chi connectivity index (χ3v) is 5.26. The van der Waals surface area contributed by atoms with Gasteiger partial charge in [-0.25, -0.2) is 4.79 Å². The Morgan fingerprint density at radius 3 is 2.72 bits per heavy atom. The van der Waals surface area contributed by atoms with Gasteiger partial charge in [0.2, 0.25) is 11.8 Å². The molecule has 0 spiro atoms. The maximum atomic E-state index is 12.2. The number of amides is 2. The van der Waals surface area contributed by atoms with Crippen LogP contribution < -0.4 is 5.32 Å². The van der Waals surface area contributed by atoms with Crippen molar-refractivity contribution in [3.8, 4) is 0 Å². The van der Waals surface area contributed by atoms with Gasteiger partial charge in [0.25, 0.3) is 10.1 Å². The lowest BCUT2D eigenvalue weighted by atomic mass is 9.85. The van der Waals surface area contributed by atoms with Crippen LogP contribution in [-0.2, 0) is 28.7 Å². The lowest BCUT2D eigenvalue weighted by molar-refractivity contribution is -0.155. The van der Waals surface area contributed by atoms with Crippen LogP contribution in [0.3, 0.4) is 0 Å². The van der Waals surface area contributed by atoms with Crippen molar-refractivity contribution in [2.45, 2.75) is 25.8 Å². The monoisotopic (exact) mass is 390 g/mol. The molecule has 2 amide bonds. The molecule has 0 saturated carbocycles. The molecule has 2 heterocycles. The van der Waals surface area contributed by atoms with Crippen LogP contribution in [-0.4, -0.2) is 55.1 Å². The van der Waals surface area contributed by atoms with Gasteiger partial charge in [0.05, 0.1) is 24.8 Å². The molecule has 1 fully saturated rings. The Kier molecular flexibility index (Phi) is 5.91. The number of β-lactam (4-membered cyclic amide) rings is 1. The smallest absolute Gasteiger partial charge is 0.353 e. The molecule has 9 nitrogen and oxygen atoms in total. The Morgan fingerprint density at radius 1 is 1.48 bits per heavy atom. The number of carboxylic acid groups (broad SMARTS) is 1. The molecule has 0 radical (unpaired) electrons. The van der Waals surface area contributed by atoms with E-state index in [9.17, 15) is 27.9 Å². The summed E-state index contributed by atoms with van der Waals surface area (Å²) in [6, 6.07) is -0.307. The molecule has 0 aliphatic carbocycles. The van der Waals surface area contributed by atoms with Gasteiger partial charge in [-0.15, -0.1) is 0 Å². The van der Waals surface area contributed by atoms with Gasteiger partial charge in [-0.1, -0.05) is 11.8 Å². The van der Waals surface area contributed by atoms with Gasteiger partial charge in [0, 0.05) is 24.4 Å². The van der Waals surface area contributed by atoms with E-state index < -0.39 is 22.0 Å². The molecule has 11 heteroatoms. The van der Waals surface area contributed by atoms with Crippen molar-refractivity contribution < 1.29 is 32.1 Å². The summed E-state index contributed by atoms with van der Waals surface area (Å²) in [7, 11) is -3.58. The summed E-state index contributed by atoms with van der Waals surface area (Å²) >= 11 is 1.12.